The molecule has 2 aromatic carbocycles. The predicted molar refractivity (Wildman–Crippen MR) is 223 cm³/mol. The number of nitrogens with zero attached hydrogens (tertiary/aromatic N) is 5. The molecule has 1 unspecified atom stereocenters. The van der Waals surface area contributed by atoms with E-state index in [0.717, 1.165) is 50.5 Å². The summed E-state index contributed by atoms with van der Waals surface area (Å²) in [7, 11) is 0. The van der Waals surface area contributed by atoms with Gasteiger partial charge in [-0.1, -0.05) is 18.2 Å². The predicted octanol–water partition coefficient (Wildman–Crippen LogP) is 5.30. The maximum absolute atomic E-state index is 15.3. The molecule has 5 heterocycles. The third-order valence-electron chi connectivity index (χ3n) is 12.8. The number of anilines is 2. The van der Waals surface area contributed by atoms with Crippen LogP contribution in [0.1, 0.15) is 81.3 Å². The van der Waals surface area contributed by atoms with Crippen LogP contribution in [0.5, 0.6) is 0 Å². The number of halogens is 2. The summed E-state index contributed by atoms with van der Waals surface area (Å²) in [5, 5.41) is 20.3. The number of rotatable bonds is 10. The van der Waals surface area contributed by atoms with Gasteiger partial charge in [0.05, 0.1) is 11.8 Å². The van der Waals surface area contributed by atoms with E-state index in [0.29, 0.717) is 80.2 Å². The van der Waals surface area contributed by atoms with Crippen LogP contribution in [0, 0.1) is 24.5 Å². The van der Waals surface area contributed by atoms with E-state index >= 15 is 8.78 Å². The van der Waals surface area contributed by atoms with Crippen LogP contribution in [0.15, 0.2) is 71.8 Å². The Morgan fingerprint density at radius 1 is 0.900 bits per heavy atom. The van der Waals surface area contributed by atoms with Gasteiger partial charge >= 0.3 is 0 Å². The monoisotopic (exact) mass is 822 g/mol. The third kappa shape index (κ3) is 9.42. The van der Waals surface area contributed by atoms with Crippen molar-refractivity contribution in [2.24, 2.45) is 5.92 Å². The van der Waals surface area contributed by atoms with Crippen LogP contribution >= 0.6 is 0 Å². The number of aliphatic hydroxyl groups is 1. The number of aromatic nitrogens is 3. The van der Waals surface area contributed by atoms with Crippen molar-refractivity contribution >= 4 is 29.4 Å². The first-order valence-corrected chi connectivity index (χ1v) is 21.1. The fourth-order valence-electron chi connectivity index (χ4n) is 9.26. The molecule has 60 heavy (non-hydrogen) atoms. The fraction of sp³-hybridized carbons (Fsp3) is 0.467. The smallest absolute Gasteiger partial charge is 0.255 e. The molecule has 3 amide bonds. The molecule has 4 aromatic rings. The molecule has 4 fully saturated rings. The number of benzene rings is 2. The summed E-state index contributed by atoms with van der Waals surface area (Å²) in [4.78, 5) is 62.6. The zero-order valence-electron chi connectivity index (χ0n) is 33.8. The van der Waals surface area contributed by atoms with Crippen LogP contribution in [0.2, 0.25) is 0 Å². The maximum atomic E-state index is 15.3. The van der Waals surface area contributed by atoms with Crippen LogP contribution < -0.4 is 21.5 Å². The molecule has 2 aromatic heterocycles. The number of piperidine rings is 3. The second-order valence-corrected chi connectivity index (χ2v) is 17.0. The van der Waals surface area contributed by atoms with Gasteiger partial charge in [-0.2, -0.15) is 0 Å². The molecule has 15 heteroatoms. The minimum atomic E-state index is -0.895. The van der Waals surface area contributed by atoms with Crippen molar-refractivity contribution in [2.75, 3.05) is 43.4 Å². The van der Waals surface area contributed by atoms with Crippen molar-refractivity contribution in [1.82, 2.24) is 29.7 Å². The van der Waals surface area contributed by atoms with E-state index in [1.807, 2.05) is 17.9 Å². The largest absolute Gasteiger partial charge is 0.388 e. The van der Waals surface area contributed by atoms with Crippen molar-refractivity contribution in [2.45, 2.75) is 94.7 Å². The van der Waals surface area contributed by atoms with Crippen molar-refractivity contribution in [3.05, 3.63) is 100 Å². The molecule has 13 nitrogen and oxygen atoms in total. The minimum Gasteiger partial charge on any atom is -0.388 e. The number of hydrogen-bond donors (Lipinski definition) is 4. The van der Waals surface area contributed by atoms with E-state index in [-0.39, 0.29) is 53.2 Å². The molecule has 316 valence electrons. The van der Waals surface area contributed by atoms with E-state index in [1.165, 1.54) is 10.6 Å². The summed E-state index contributed by atoms with van der Waals surface area (Å²) >= 11 is 0. The van der Waals surface area contributed by atoms with Gasteiger partial charge in [0, 0.05) is 67.2 Å². The number of likely N-dealkylation sites (tertiary alicyclic amines) is 2. The lowest BCUT2D eigenvalue weighted by Gasteiger charge is -2.43. The summed E-state index contributed by atoms with van der Waals surface area (Å²) in [6.45, 7) is 4.83. The van der Waals surface area contributed by atoms with Gasteiger partial charge in [-0.05, 0) is 125 Å². The number of amides is 3. The second-order valence-electron chi connectivity index (χ2n) is 17.0. The van der Waals surface area contributed by atoms with Crippen LogP contribution in [-0.2, 0) is 14.4 Å². The first-order chi connectivity index (χ1) is 28.9. The topological polar surface area (TPSA) is 162 Å². The van der Waals surface area contributed by atoms with E-state index in [2.05, 4.69) is 30.8 Å². The van der Waals surface area contributed by atoms with Gasteiger partial charge in [0.15, 0.2) is 5.82 Å². The third-order valence-corrected chi connectivity index (χ3v) is 12.8. The van der Waals surface area contributed by atoms with E-state index in [9.17, 15) is 24.3 Å². The molecule has 8 rings (SSSR count). The normalized spacial score (nSPS) is 22.6. The molecular weight excluding hydrogens is 771 g/mol. The van der Waals surface area contributed by atoms with Crippen LogP contribution in [0.25, 0.3) is 16.9 Å². The number of aryl methyl sites for hydroxylation is 1. The van der Waals surface area contributed by atoms with Crippen LogP contribution in [-0.4, -0.2) is 97.6 Å². The molecule has 1 atom stereocenters. The maximum Gasteiger partial charge on any atom is 0.255 e. The van der Waals surface area contributed by atoms with Gasteiger partial charge in [0.25, 0.3) is 5.56 Å². The molecule has 0 bridgehead atoms. The average Bonchev–Trinajstić information content (AvgIpc) is 3.23. The standard InChI is InChI=1S/C45H52F2N8O5/c1-28-13-20-55(40(57)23-28)34-4-2-3-31(24-34)41-37(47)26-48-44(52-41)50-32-7-5-30(6-8-32)43(59)54-21-16-45(60,17-22-54)27-53-18-14-29(15-19-53)35-10-9-33(25-36(35)46)49-38-11-12-39(56)51-42(38)58/h2-4,9-10,13,20,23-26,29-30,32,38,49,60H,5-8,11-12,14-19,21-22,27H2,1H3,(H,48,50,52)(H,51,56,58). The van der Waals surface area contributed by atoms with Gasteiger partial charge in [-0.3, -0.25) is 29.1 Å². The Hall–Kier alpha value is -5.54. The lowest BCUT2D eigenvalue weighted by Crippen LogP contribution is -2.54. The summed E-state index contributed by atoms with van der Waals surface area (Å²) in [6.07, 6.45) is 8.85. The first-order valence-electron chi connectivity index (χ1n) is 21.1. The highest BCUT2D eigenvalue weighted by Crippen LogP contribution is 2.35. The number of carbonyl (C=O) groups excluding carboxylic acids is 3. The highest BCUT2D eigenvalue weighted by atomic mass is 19.1. The van der Waals surface area contributed by atoms with Gasteiger partial charge in [-0.15, -0.1) is 0 Å². The SMILES string of the molecule is Cc1ccn(-c2cccc(-c3nc(NC4CCC(C(=O)N5CCC(O)(CN6CCC(c7ccc(NC8CCC(=O)NC8=O)cc7F)CC6)CC5)CC4)ncc3F)c2)c(=O)c1. The number of carbonyl (C=O) groups is 3. The molecule has 4 aliphatic rings. The van der Waals surface area contributed by atoms with E-state index in [1.54, 1.807) is 48.7 Å². The summed E-state index contributed by atoms with van der Waals surface area (Å²) < 4.78 is 31.8. The number of hydrogen-bond acceptors (Lipinski definition) is 10. The zero-order valence-corrected chi connectivity index (χ0v) is 33.8. The Balaban J connectivity index is 0.777. The second kappa shape index (κ2) is 17.6. The molecule has 3 aliphatic heterocycles. The zero-order chi connectivity index (χ0) is 42.0. The lowest BCUT2D eigenvalue weighted by molar-refractivity contribution is -0.141. The number of nitrogens with one attached hydrogen (secondary N) is 3. The number of β-amino-alcohol motifs (C(OH)–C–C–N with tert-alkyl or cyclic N) is 1. The summed E-state index contributed by atoms with van der Waals surface area (Å²) in [5.74, 6) is -1.20. The highest BCUT2D eigenvalue weighted by Gasteiger charge is 2.39. The summed E-state index contributed by atoms with van der Waals surface area (Å²) in [6, 6.07) is 14.9. The molecule has 1 aliphatic carbocycles. The number of imide groups is 1. The van der Waals surface area contributed by atoms with Crippen molar-refractivity contribution in [3.63, 3.8) is 0 Å². The van der Waals surface area contributed by atoms with Crippen LogP contribution in [0.4, 0.5) is 20.4 Å². The Bertz CT molecular complexity index is 2300. The highest BCUT2D eigenvalue weighted by molar-refractivity contribution is 6.01. The fourth-order valence-corrected chi connectivity index (χ4v) is 9.26. The number of pyridine rings is 1. The van der Waals surface area contributed by atoms with Crippen LogP contribution in [0.3, 0.4) is 0 Å². The lowest BCUT2D eigenvalue weighted by atomic mass is 9.83. The Morgan fingerprint density at radius 2 is 1.67 bits per heavy atom. The van der Waals surface area contributed by atoms with Crippen molar-refractivity contribution in [3.8, 4) is 16.9 Å². The Kier molecular flexibility index (Phi) is 12.1. The first kappa shape index (κ1) is 41.2. The van der Waals surface area contributed by atoms with Gasteiger partial charge in [0.2, 0.25) is 23.7 Å². The van der Waals surface area contributed by atoms with Gasteiger partial charge in [0.1, 0.15) is 17.6 Å². The minimum absolute atomic E-state index is 0.0262. The van der Waals surface area contributed by atoms with E-state index in [4.69, 9.17) is 0 Å². The Morgan fingerprint density at radius 3 is 2.38 bits per heavy atom. The molecule has 0 spiro atoms. The van der Waals surface area contributed by atoms with Crippen molar-refractivity contribution < 1.29 is 28.3 Å². The molecule has 0 radical (unpaired) electrons. The quantitative estimate of drug-likeness (QED) is 0.155. The molecule has 1 saturated carbocycles. The Labute approximate surface area is 347 Å². The average molecular weight is 823 g/mol. The van der Waals surface area contributed by atoms with Gasteiger partial charge in [-0.25, -0.2) is 18.7 Å². The van der Waals surface area contributed by atoms with E-state index < -0.39 is 23.4 Å². The van der Waals surface area contributed by atoms with Gasteiger partial charge < -0.3 is 25.5 Å². The molecule has 4 N–H and O–H groups in total. The molecule has 3 saturated heterocycles. The summed E-state index contributed by atoms with van der Waals surface area (Å²) in [5.41, 5.74) is 2.19. The molecular formula is C45H52F2N8O5. The van der Waals surface area contributed by atoms with Crippen molar-refractivity contribution in [1.29, 1.82) is 0 Å².